The molecule has 3 heteroatoms. The Morgan fingerprint density at radius 3 is 1.71 bits per heavy atom. The standard InChI is InChI=1S/C28H20NOP/c30-31(22-12-3-1-4-13-22,23-14-5-2-6-15-23)29-26-18-10-9-17-25(26)28-24-16-8-7-11-21(24)19-20-27(28)29/h1-20H. The average Bonchev–Trinajstić information content (AvgIpc) is 3.20. The Morgan fingerprint density at radius 1 is 0.484 bits per heavy atom. The van der Waals surface area contributed by atoms with Crippen LogP contribution >= 0.6 is 7.29 Å². The Labute approximate surface area is 180 Å². The van der Waals surface area contributed by atoms with E-state index >= 15 is 4.57 Å². The van der Waals surface area contributed by atoms with Gasteiger partial charge in [-0.15, -0.1) is 0 Å². The van der Waals surface area contributed by atoms with Crippen molar-refractivity contribution in [1.82, 2.24) is 4.34 Å². The predicted molar refractivity (Wildman–Crippen MR) is 132 cm³/mol. The topological polar surface area (TPSA) is 22.0 Å². The molecule has 0 spiro atoms. The lowest BCUT2D eigenvalue weighted by Gasteiger charge is -2.23. The first-order valence-corrected chi connectivity index (χ1v) is 12.1. The van der Waals surface area contributed by atoms with Gasteiger partial charge < -0.3 is 0 Å². The van der Waals surface area contributed by atoms with Gasteiger partial charge in [0.1, 0.15) is 0 Å². The molecule has 6 aromatic rings. The first kappa shape index (κ1) is 18.2. The normalized spacial score (nSPS) is 12.0. The zero-order valence-electron chi connectivity index (χ0n) is 16.8. The summed E-state index contributed by atoms with van der Waals surface area (Å²) in [6, 6.07) is 40.7. The van der Waals surface area contributed by atoms with Crippen molar-refractivity contribution in [3.8, 4) is 0 Å². The van der Waals surface area contributed by atoms with Crippen molar-refractivity contribution in [2.24, 2.45) is 0 Å². The lowest BCUT2D eigenvalue weighted by atomic mass is 10.0. The highest BCUT2D eigenvalue weighted by Crippen LogP contribution is 2.51. The van der Waals surface area contributed by atoms with Gasteiger partial charge in [0.05, 0.1) is 11.0 Å². The summed E-state index contributed by atoms with van der Waals surface area (Å²) in [5, 5.41) is 6.31. The quantitative estimate of drug-likeness (QED) is 0.293. The number of para-hydroxylation sites is 1. The van der Waals surface area contributed by atoms with E-state index in [1.165, 1.54) is 10.8 Å². The van der Waals surface area contributed by atoms with Gasteiger partial charge in [0.15, 0.2) is 0 Å². The predicted octanol–water partition coefficient (Wildman–Crippen LogP) is 6.72. The monoisotopic (exact) mass is 417 g/mol. The average molecular weight is 417 g/mol. The lowest BCUT2D eigenvalue weighted by Crippen LogP contribution is -2.21. The third-order valence-corrected chi connectivity index (χ3v) is 9.02. The van der Waals surface area contributed by atoms with Gasteiger partial charge >= 0.3 is 0 Å². The highest BCUT2D eigenvalue weighted by atomic mass is 31.2. The molecule has 5 aromatic carbocycles. The van der Waals surface area contributed by atoms with E-state index in [2.05, 4.69) is 58.9 Å². The van der Waals surface area contributed by atoms with Crippen LogP contribution < -0.4 is 10.6 Å². The molecule has 0 aliphatic heterocycles. The second kappa shape index (κ2) is 6.97. The maximum atomic E-state index is 15.2. The molecular weight excluding hydrogens is 397 g/mol. The largest absolute Gasteiger partial charge is 0.290 e. The van der Waals surface area contributed by atoms with E-state index in [9.17, 15) is 0 Å². The van der Waals surface area contributed by atoms with Gasteiger partial charge in [-0.3, -0.25) is 8.90 Å². The molecule has 0 atom stereocenters. The highest BCUT2D eigenvalue weighted by Gasteiger charge is 2.33. The van der Waals surface area contributed by atoms with Crippen molar-refractivity contribution in [2.75, 3.05) is 0 Å². The van der Waals surface area contributed by atoms with Crippen molar-refractivity contribution in [3.05, 3.63) is 121 Å². The summed E-state index contributed by atoms with van der Waals surface area (Å²) in [4.78, 5) is 0. The summed E-state index contributed by atoms with van der Waals surface area (Å²) in [6.45, 7) is 0. The molecule has 0 radical (unpaired) electrons. The van der Waals surface area contributed by atoms with E-state index in [1.54, 1.807) is 0 Å². The molecule has 148 valence electrons. The Hall–Kier alpha value is -3.61. The van der Waals surface area contributed by atoms with Crippen molar-refractivity contribution in [3.63, 3.8) is 0 Å². The van der Waals surface area contributed by atoms with Gasteiger partial charge in [0, 0.05) is 21.4 Å². The molecule has 0 amide bonds. The van der Waals surface area contributed by atoms with Crippen molar-refractivity contribution in [2.45, 2.75) is 0 Å². The number of benzene rings is 5. The fourth-order valence-electron chi connectivity index (χ4n) is 4.66. The molecule has 6 rings (SSSR count). The molecule has 0 unspecified atom stereocenters. The van der Waals surface area contributed by atoms with E-state index in [1.807, 2.05) is 66.7 Å². The van der Waals surface area contributed by atoms with Crippen LogP contribution in [0.25, 0.3) is 32.6 Å². The van der Waals surface area contributed by atoms with Crippen LogP contribution in [-0.2, 0) is 4.57 Å². The maximum absolute atomic E-state index is 15.2. The minimum atomic E-state index is -3.18. The van der Waals surface area contributed by atoms with E-state index in [0.29, 0.717) is 0 Å². The molecule has 0 fully saturated rings. The van der Waals surface area contributed by atoms with E-state index in [0.717, 1.165) is 32.4 Å². The number of hydrogen-bond acceptors (Lipinski definition) is 1. The molecule has 0 N–H and O–H groups in total. The molecular formula is C28H20NOP. The van der Waals surface area contributed by atoms with Gasteiger partial charge in [0.25, 0.3) is 0 Å². The molecule has 1 heterocycles. The van der Waals surface area contributed by atoms with Gasteiger partial charge in [0.2, 0.25) is 7.29 Å². The summed E-state index contributed by atoms with van der Waals surface area (Å²) in [5.41, 5.74) is 1.99. The fourth-order valence-corrected chi connectivity index (χ4v) is 7.52. The van der Waals surface area contributed by atoms with Gasteiger partial charge in [-0.25, -0.2) is 0 Å². The minimum Gasteiger partial charge on any atom is -0.290 e. The summed E-state index contributed by atoms with van der Waals surface area (Å²) in [5.74, 6) is 0. The van der Waals surface area contributed by atoms with E-state index < -0.39 is 7.29 Å². The SMILES string of the molecule is O=P(c1ccccc1)(c1ccccc1)n1c2ccccc2c2c3ccccc3ccc21. The second-order valence-electron chi connectivity index (χ2n) is 7.76. The molecule has 0 saturated carbocycles. The van der Waals surface area contributed by atoms with Gasteiger partial charge in [-0.05, 0) is 47.2 Å². The maximum Gasteiger partial charge on any atom is 0.234 e. The van der Waals surface area contributed by atoms with Crippen LogP contribution in [0.5, 0.6) is 0 Å². The van der Waals surface area contributed by atoms with E-state index in [4.69, 9.17) is 0 Å². The van der Waals surface area contributed by atoms with Gasteiger partial charge in [-0.1, -0.05) is 84.9 Å². The van der Waals surface area contributed by atoms with Crippen LogP contribution in [0.15, 0.2) is 121 Å². The summed E-state index contributed by atoms with van der Waals surface area (Å²) in [7, 11) is -3.18. The molecule has 0 aliphatic rings. The van der Waals surface area contributed by atoms with Crippen LogP contribution in [0.4, 0.5) is 0 Å². The van der Waals surface area contributed by atoms with Crippen molar-refractivity contribution in [1.29, 1.82) is 0 Å². The smallest absolute Gasteiger partial charge is 0.234 e. The Kier molecular flexibility index (Phi) is 4.09. The third kappa shape index (κ3) is 2.62. The molecule has 0 saturated heterocycles. The minimum absolute atomic E-state index is 0.831. The molecule has 1 aromatic heterocycles. The number of aromatic nitrogens is 1. The Morgan fingerprint density at radius 2 is 1.03 bits per heavy atom. The third-order valence-electron chi connectivity index (χ3n) is 6.03. The van der Waals surface area contributed by atoms with Crippen LogP contribution in [0.1, 0.15) is 0 Å². The lowest BCUT2D eigenvalue weighted by molar-refractivity contribution is 0.583. The highest BCUT2D eigenvalue weighted by molar-refractivity contribution is 7.77. The fraction of sp³-hybridized carbons (Fsp3) is 0. The summed E-state index contributed by atoms with van der Waals surface area (Å²) in [6.07, 6.45) is 0. The first-order valence-electron chi connectivity index (χ1n) is 10.4. The zero-order chi connectivity index (χ0) is 20.8. The van der Waals surface area contributed by atoms with Crippen LogP contribution in [-0.4, -0.2) is 4.34 Å². The number of rotatable bonds is 3. The van der Waals surface area contributed by atoms with Crippen molar-refractivity contribution >= 4 is 50.5 Å². The summed E-state index contributed by atoms with van der Waals surface area (Å²) >= 11 is 0. The summed E-state index contributed by atoms with van der Waals surface area (Å²) < 4.78 is 17.3. The molecule has 0 aliphatic carbocycles. The van der Waals surface area contributed by atoms with Crippen LogP contribution in [0, 0.1) is 0 Å². The number of nitrogens with zero attached hydrogens (tertiary/aromatic N) is 1. The van der Waals surface area contributed by atoms with Crippen LogP contribution in [0.3, 0.4) is 0 Å². The zero-order valence-corrected chi connectivity index (χ0v) is 17.7. The van der Waals surface area contributed by atoms with Crippen LogP contribution in [0.2, 0.25) is 0 Å². The molecule has 0 bridgehead atoms. The number of hydrogen-bond donors (Lipinski definition) is 0. The molecule has 2 nitrogen and oxygen atoms in total. The Bertz CT molecular complexity index is 1560. The number of fused-ring (bicyclic) bond motifs is 5. The molecule has 31 heavy (non-hydrogen) atoms. The first-order chi connectivity index (χ1) is 15.3. The Balaban J connectivity index is 1.85. The van der Waals surface area contributed by atoms with Crippen molar-refractivity contribution < 1.29 is 4.57 Å². The second-order valence-corrected chi connectivity index (χ2v) is 10.3. The van der Waals surface area contributed by atoms with E-state index in [-0.39, 0.29) is 0 Å². The van der Waals surface area contributed by atoms with Gasteiger partial charge in [-0.2, -0.15) is 0 Å².